The number of nitrogens with zero attached hydrogens (tertiary/aromatic N) is 3. The Morgan fingerprint density at radius 2 is 2.00 bits per heavy atom. The fourth-order valence-electron chi connectivity index (χ4n) is 3.24. The standard InChI is InChI=1S/C16H28N4O/c1-5-17-14-13(12(2)3)15(19-11-18-14)20(4)10-16(21)8-6-7-9-16/h11-12,21H,5-10H2,1-4H3,(H,17,18,19). The summed E-state index contributed by atoms with van der Waals surface area (Å²) in [5.74, 6) is 2.16. The molecule has 5 heteroatoms. The van der Waals surface area contributed by atoms with Crippen LogP contribution >= 0.6 is 0 Å². The SMILES string of the molecule is CCNc1ncnc(N(C)CC2(O)CCCC2)c1C(C)C. The van der Waals surface area contributed by atoms with Crippen molar-refractivity contribution in [2.45, 2.75) is 58.0 Å². The Morgan fingerprint density at radius 3 is 2.57 bits per heavy atom. The van der Waals surface area contributed by atoms with Gasteiger partial charge in [-0.2, -0.15) is 0 Å². The van der Waals surface area contributed by atoms with E-state index in [1.807, 2.05) is 7.05 Å². The molecule has 0 radical (unpaired) electrons. The molecule has 118 valence electrons. The molecule has 0 amide bonds. The summed E-state index contributed by atoms with van der Waals surface area (Å²) in [6.07, 6.45) is 5.62. The minimum atomic E-state index is -0.563. The molecule has 0 bridgehead atoms. The molecule has 0 saturated heterocycles. The van der Waals surface area contributed by atoms with Crippen LogP contribution in [0.5, 0.6) is 0 Å². The molecule has 5 nitrogen and oxygen atoms in total. The topological polar surface area (TPSA) is 61.3 Å². The Labute approximate surface area is 127 Å². The summed E-state index contributed by atoms with van der Waals surface area (Å²) >= 11 is 0. The van der Waals surface area contributed by atoms with Gasteiger partial charge in [-0.25, -0.2) is 9.97 Å². The van der Waals surface area contributed by atoms with Gasteiger partial charge in [0.1, 0.15) is 18.0 Å². The second-order valence-electron chi connectivity index (χ2n) is 6.43. The summed E-state index contributed by atoms with van der Waals surface area (Å²) in [5, 5.41) is 13.9. The fourth-order valence-corrected chi connectivity index (χ4v) is 3.24. The van der Waals surface area contributed by atoms with Crippen molar-refractivity contribution < 1.29 is 5.11 Å². The van der Waals surface area contributed by atoms with Crippen LogP contribution in [0.1, 0.15) is 57.9 Å². The maximum atomic E-state index is 10.6. The summed E-state index contributed by atoms with van der Waals surface area (Å²) in [6.45, 7) is 7.85. The third kappa shape index (κ3) is 3.64. The number of aliphatic hydroxyl groups is 1. The Hall–Kier alpha value is -1.36. The van der Waals surface area contributed by atoms with Gasteiger partial charge in [-0.15, -0.1) is 0 Å². The Balaban J connectivity index is 2.27. The van der Waals surface area contributed by atoms with Crippen LogP contribution in [0.15, 0.2) is 6.33 Å². The first kappa shape index (κ1) is 16.0. The first-order chi connectivity index (χ1) is 9.97. The predicted molar refractivity (Wildman–Crippen MR) is 87.0 cm³/mol. The Kier molecular flexibility index (Phi) is 5.04. The molecule has 0 atom stereocenters. The van der Waals surface area contributed by atoms with Gasteiger partial charge in [0.05, 0.1) is 5.60 Å². The smallest absolute Gasteiger partial charge is 0.137 e. The highest BCUT2D eigenvalue weighted by Crippen LogP contribution is 2.34. The largest absolute Gasteiger partial charge is 0.388 e. The fraction of sp³-hybridized carbons (Fsp3) is 0.750. The van der Waals surface area contributed by atoms with E-state index in [9.17, 15) is 5.11 Å². The van der Waals surface area contributed by atoms with Gasteiger partial charge in [-0.3, -0.25) is 0 Å². The van der Waals surface area contributed by atoms with E-state index in [0.29, 0.717) is 12.5 Å². The molecule has 1 fully saturated rings. The summed E-state index contributed by atoms with van der Waals surface area (Å²) in [6, 6.07) is 0. The van der Waals surface area contributed by atoms with Crippen molar-refractivity contribution in [3.05, 3.63) is 11.9 Å². The Morgan fingerprint density at radius 1 is 1.33 bits per heavy atom. The minimum absolute atomic E-state index is 0.330. The van der Waals surface area contributed by atoms with Crippen LogP contribution in [-0.4, -0.2) is 40.8 Å². The van der Waals surface area contributed by atoms with E-state index < -0.39 is 5.60 Å². The quantitative estimate of drug-likeness (QED) is 0.844. The van der Waals surface area contributed by atoms with Crippen LogP contribution in [0, 0.1) is 0 Å². The molecule has 1 aliphatic carbocycles. The number of rotatable bonds is 6. The molecule has 21 heavy (non-hydrogen) atoms. The molecule has 1 aromatic rings. The second-order valence-corrected chi connectivity index (χ2v) is 6.43. The maximum absolute atomic E-state index is 10.6. The average Bonchev–Trinajstić information content (AvgIpc) is 2.85. The van der Waals surface area contributed by atoms with Crippen LogP contribution in [-0.2, 0) is 0 Å². The number of hydrogen-bond acceptors (Lipinski definition) is 5. The monoisotopic (exact) mass is 292 g/mol. The number of aromatic nitrogens is 2. The van der Waals surface area contributed by atoms with E-state index in [2.05, 4.69) is 41.0 Å². The van der Waals surface area contributed by atoms with Crippen LogP contribution in [0.2, 0.25) is 0 Å². The van der Waals surface area contributed by atoms with Crippen molar-refractivity contribution >= 4 is 11.6 Å². The van der Waals surface area contributed by atoms with Crippen molar-refractivity contribution in [1.82, 2.24) is 9.97 Å². The Bertz CT molecular complexity index is 469. The third-order valence-corrected chi connectivity index (χ3v) is 4.21. The van der Waals surface area contributed by atoms with Crippen LogP contribution in [0.25, 0.3) is 0 Å². The van der Waals surface area contributed by atoms with E-state index in [-0.39, 0.29) is 0 Å². The van der Waals surface area contributed by atoms with Crippen molar-refractivity contribution in [2.24, 2.45) is 0 Å². The van der Waals surface area contributed by atoms with Gasteiger partial charge in [0.25, 0.3) is 0 Å². The summed E-state index contributed by atoms with van der Waals surface area (Å²) in [5.41, 5.74) is 0.565. The lowest BCUT2D eigenvalue weighted by atomic mass is 10.00. The lowest BCUT2D eigenvalue weighted by molar-refractivity contribution is 0.0557. The highest BCUT2D eigenvalue weighted by atomic mass is 16.3. The number of anilines is 2. The summed E-state index contributed by atoms with van der Waals surface area (Å²) in [4.78, 5) is 10.9. The zero-order valence-corrected chi connectivity index (χ0v) is 13.7. The zero-order valence-electron chi connectivity index (χ0n) is 13.7. The molecule has 2 rings (SSSR count). The summed E-state index contributed by atoms with van der Waals surface area (Å²) < 4.78 is 0. The number of hydrogen-bond donors (Lipinski definition) is 2. The van der Waals surface area contributed by atoms with Crippen molar-refractivity contribution in [3.8, 4) is 0 Å². The normalized spacial score (nSPS) is 17.2. The van der Waals surface area contributed by atoms with Gasteiger partial charge >= 0.3 is 0 Å². The molecule has 1 heterocycles. The molecule has 2 N–H and O–H groups in total. The molecule has 0 aromatic carbocycles. The highest BCUT2D eigenvalue weighted by molar-refractivity contribution is 5.60. The summed E-state index contributed by atoms with van der Waals surface area (Å²) in [7, 11) is 2.01. The molecule has 0 aliphatic heterocycles. The van der Waals surface area contributed by atoms with E-state index in [1.165, 1.54) is 0 Å². The van der Waals surface area contributed by atoms with Crippen molar-refractivity contribution in [1.29, 1.82) is 0 Å². The van der Waals surface area contributed by atoms with Crippen LogP contribution in [0.3, 0.4) is 0 Å². The molecule has 0 unspecified atom stereocenters. The van der Waals surface area contributed by atoms with E-state index in [4.69, 9.17) is 0 Å². The molecule has 1 saturated carbocycles. The van der Waals surface area contributed by atoms with Gasteiger partial charge in [-0.1, -0.05) is 26.7 Å². The predicted octanol–water partition coefficient (Wildman–Crippen LogP) is 2.77. The first-order valence-electron chi connectivity index (χ1n) is 7.99. The van der Waals surface area contributed by atoms with Crippen molar-refractivity contribution in [2.75, 3.05) is 30.4 Å². The number of likely N-dealkylation sites (N-methyl/N-ethyl adjacent to an activating group) is 1. The van der Waals surface area contributed by atoms with Crippen LogP contribution < -0.4 is 10.2 Å². The van der Waals surface area contributed by atoms with E-state index in [0.717, 1.165) is 49.4 Å². The number of nitrogens with one attached hydrogen (secondary N) is 1. The lowest BCUT2D eigenvalue weighted by Gasteiger charge is -2.31. The highest BCUT2D eigenvalue weighted by Gasteiger charge is 2.33. The first-order valence-corrected chi connectivity index (χ1v) is 7.99. The molecular weight excluding hydrogens is 264 g/mol. The van der Waals surface area contributed by atoms with Gasteiger partial charge in [0.2, 0.25) is 0 Å². The minimum Gasteiger partial charge on any atom is -0.388 e. The van der Waals surface area contributed by atoms with Crippen molar-refractivity contribution in [3.63, 3.8) is 0 Å². The second kappa shape index (κ2) is 6.60. The van der Waals surface area contributed by atoms with Gasteiger partial charge < -0.3 is 15.3 Å². The zero-order chi connectivity index (χ0) is 15.5. The average molecular weight is 292 g/mol. The molecule has 1 aliphatic rings. The van der Waals surface area contributed by atoms with Crippen LogP contribution in [0.4, 0.5) is 11.6 Å². The van der Waals surface area contributed by atoms with Gasteiger partial charge in [0, 0.05) is 25.7 Å². The molecular formula is C16H28N4O. The molecule has 0 spiro atoms. The molecule has 1 aromatic heterocycles. The van der Waals surface area contributed by atoms with E-state index >= 15 is 0 Å². The third-order valence-electron chi connectivity index (χ3n) is 4.21. The van der Waals surface area contributed by atoms with E-state index in [1.54, 1.807) is 6.33 Å². The van der Waals surface area contributed by atoms with Gasteiger partial charge in [-0.05, 0) is 25.7 Å². The lowest BCUT2D eigenvalue weighted by Crippen LogP contribution is -2.40. The van der Waals surface area contributed by atoms with Gasteiger partial charge in [0.15, 0.2) is 0 Å². The maximum Gasteiger partial charge on any atom is 0.137 e.